The molecule has 1 aliphatic heterocycles. The van der Waals surface area contributed by atoms with Crippen LogP contribution >= 0.6 is 0 Å². The quantitative estimate of drug-likeness (QED) is 0.811. The summed E-state index contributed by atoms with van der Waals surface area (Å²) in [6.45, 7) is 7.38. The smallest absolute Gasteiger partial charge is 0.226 e. The van der Waals surface area contributed by atoms with E-state index < -0.39 is 0 Å². The molecule has 1 fully saturated rings. The Balaban J connectivity index is 1.47. The van der Waals surface area contributed by atoms with Gasteiger partial charge in [0.2, 0.25) is 5.91 Å². The summed E-state index contributed by atoms with van der Waals surface area (Å²) in [5, 5.41) is 0. The molecule has 1 aromatic carbocycles. The van der Waals surface area contributed by atoms with Gasteiger partial charge in [0.25, 0.3) is 0 Å². The normalized spacial score (nSPS) is 15.4. The third kappa shape index (κ3) is 4.62. The number of aryl methyl sites for hydroxylation is 1. The lowest BCUT2D eigenvalue weighted by Gasteiger charge is -2.32. The maximum atomic E-state index is 12.5. The predicted octanol–water partition coefficient (Wildman–Crippen LogP) is 3.07. The van der Waals surface area contributed by atoms with Gasteiger partial charge in [0, 0.05) is 32.0 Å². The maximum Gasteiger partial charge on any atom is 0.226 e. The van der Waals surface area contributed by atoms with Crippen LogP contribution < -0.4 is 4.74 Å². The number of hydrogen-bond acceptors (Lipinski definition) is 3. The van der Waals surface area contributed by atoms with Crippen LogP contribution in [0, 0.1) is 12.8 Å². The highest BCUT2D eigenvalue weighted by Crippen LogP contribution is 2.21. The van der Waals surface area contributed by atoms with Crippen LogP contribution in [0.2, 0.25) is 0 Å². The molecular formula is C20H27N3O2. The highest BCUT2D eigenvalue weighted by molar-refractivity contribution is 5.78. The number of rotatable bonds is 6. The Kier molecular flexibility index (Phi) is 5.74. The first-order valence-corrected chi connectivity index (χ1v) is 9.13. The van der Waals surface area contributed by atoms with Crippen molar-refractivity contribution < 1.29 is 9.53 Å². The van der Waals surface area contributed by atoms with Gasteiger partial charge in [-0.2, -0.15) is 0 Å². The second-order valence-electron chi connectivity index (χ2n) is 6.70. The summed E-state index contributed by atoms with van der Waals surface area (Å²) in [5.41, 5.74) is 1.05. The van der Waals surface area contributed by atoms with Gasteiger partial charge in [-0.1, -0.05) is 12.1 Å². The third-order valence-electron chi connectivity index (χ3n) is 4.94. The Hall–Kier alpha value is -2.30. The molecule has 5 nitrogen and oxygen atoms in total. The Morgan fingerprint density at radius 1 is 1.24 bits per heavy atom. The number of aromatic nitrogens is 2. The van der Waals surface area contributed by atoms with Crippen molar-refractivity contribution in [2.75, 3.05) is 19.7 Å². The number of nitrogens with zero attached hydrogens (tertiary/aromatic N) is 3. The van der Waals surface area contributed by atoms with Crippen LogP contribution in [0.25, 0.3) is 0 Å². The average Bonchev–Trinajstić information content (AvgIpc) is 3.02. The van der Waals surface area contributed by atoms with Crippen molar-refractivity contribution in [1.29, 1.82) is 0 Å². The van der Waals surface area contributed by atoms with Gasteiger partial charge in [-0.3, -0.25) is 4.79 Å². The number of ether oxygens (including phenoxy) is 1. The van der Waals surface area contributed by atoms with Crippen LogP contribution in [0.1, 0.15) is 31.2 Å². The summed E-state index contributed by atoms with van der Waals surface area (Å²) >= 11 is 0. The second kappa shape index (κ2) is 8.19. The molecule has 3 rings (SSSR count). The molecule has 0 unspecified atom stereocenters. The van der Waals surface area contributed by atoms with E-state index in [1.54, 1.807) is 0 Å². The highest BCUT2D eigenvalue weighted by Gasteiger charge is 2.23. The minimum Gasteiger partial charge on any atom is -0.494 e. The Bertz CT molecular complexity index is 685. The molecule has 0 N–H and O–H groups in total. The van der Waals surface area contributed by atoms with Crippen LogP contribution in [0.15, 0.2) is 36.7 Å². The Labute approximate surface area is 149 Å². The van der Waals surface area contributed by atoms with Crippen LogP contribution in [0.5, 0.6) is 5.75 Å². The molecule has 0 saturated carbocycles. The minimum absolute atomic E-state index is 0.224. The zero-order valence-corrected chi connectivity index (χ0v) is 15.1. The lowest BCUT2D eigenvalue weighted by atomic mass is 9.96. The number of benzene rings is 1. The van der Waals surface area contributed by atoms with E-state index in [1.165, 1.54) is 0 Å². The van der Waals surface area contributed by atoms with E-state index >= 15 is 0 Å². The third-order valence-corrected chi connectivity index (χ3v) is 4.94. The van der Waals surface area contributed by atoms with E-state index in [0.29, 0.717) is 18.9 Å². The van der Waals surface area contributed by atoms with Gasteiger partial charge in [0.05, 0.1) is 13.0 Å². The summed E-state index contributed by atoms with van der Waals surface area (Å²) in [6.07, 6.45) is 6.49. The molecule has 1 saturated heterocycles. The number of piperidine rings is 1. The molecule has 0 bridgehead atoms. The summed E-state index contributed by atoms with van der Waals surface area (Å²) in [5.74, 6) is 2.77. The van der Waals surface area contributed by atoms with E-state index in [4.69, 9.17) is 4.74 Å². The molecule has 1 aliphatic rings. The van der Waals surface area contributed by atoms with Crippen molar-refractivity contribution in [2.45, 2.75) is 39.7 Å². The number of imidazole rings is 1. The minimum atomic E-state index is 0.224. The zero-order chi connectivity index (χ0) is 17.6. The SMILES string of the molecule is CCOc1ccc(CC(=O)N2CCC(Cn3ccnc3C)CC2)cc1. The molecule has 0 radical (unpaired) electrons. The first kappa shape index (κ1) is 17.5. The fourth-order valence-corrected chi connectivity index (χ4v) is 3.40. The lowest BCUT2D eigenvalue weighted by Crippen LogP contribution is -2.40. The van der Waals surface area contributed by atoms with Gasteiger partial charge in [-0.05, 0) is 50.3 Å². The number of carbonyl (C=O) groups excluding carboxylic acids is 1. The summed E-state index contributed by atoms with van der Waals surface area (Å²) in [7, 11) is 0. The van der Waals surface area contributed by atoms with Gasteiger partial charge in [0.15, 0.2) is 0 Å². The van der Waals surface area contributed by atoms with Crippen LogP contribution in [0.3, 0.4) is 0 Å². The van der Waals surface area contributed by atoms with Crippen LogP contribution in [-0.2, 0) is 17.8 Å². The first-order valence-electron chi connectivity index (χ1n) is 9.13. The molecule has 1 aromatic heterocycles. The van der Waals surface area contributed by atoms with E-state index in [-0.39, 0.29) is 5.91 Å². The summed E-state index contributed by atoms with van der Waals surface area (Å²) < 4.78 is 7.65. The fourth-order valence-electron chi connectivity index (χ4n) is 3.40. The highest BCUT2D eigenvalue weighted by atomic mass is 16.5. The zero-order valence-electron chi connectivity index (χ0n) is 15.1. The molecule has 134 valence electrons. The van der Waals surface area contributed by atoms with Crippen molar-refractivity contribution in [3.63, 3.8) is 0 Å². The fraction of sp³-hybridized carbons (Fsp3) is 0.500. The molecule has 5 heteroatoms. The van der Waals surface area contributed by atoms with Gasteiger partial charge in [0.1, 0.15) is 11.6 Å². The molecule has 0 atom stereocenters. The first-order chi connectivity index (χ1) is 12.2. The number of likely N-dealkylation sites (tertiary alicyclic amines) is 1. The number of amides is 1. The predicted molar refractivity (Wildman–Crippen MR) is 97.6 cm³/mol. The molecular weight excluding hydrogens is 314 g/mol. The number of hydrogen-bond donors (Lipinski definition) is 0. The van der Waals surface area contributed by atoms with E-state index in [9.17, 15) is 4.79 Å². The van der Waals surface area contributed by atoms with E-state index in [1.807, 2.05) is 55.4 Å². The van der Waals surface area contributed by atoms with E-state index in [0.717, 1.165) is 49.6 Å². The average molecular weight is 341 g/mol. The van der Waals surface area contributed by atoms with Crippen molar-refractivity contribution >= 4 is 5.91 Å². The molecule has 0 aliphatic carbocycles. The van der Waals surface area contributed by atoms with Gasteiger partial charge >= 0.3 is 0 Å². The Morgan fingerprint density at radius 2 is 1.96 bits per heavy atom. The molecule has 2 heterocycles. The van der Waals surface area contributed by atoms with Crippen molar-refractivity contribution in [1.82, 2.24) is 14.5 Å². The number of carbonyl (C=O) groups is 1. The van der Waals surface area contributed by atoms with Crippen LogP contribution in [0.4, 0.5) is 0 Å². The van der Waals surface area contributed by atoms with Gasteiger partial charge in [-0.15, -0.1) is 0 Å². The van der Waals surface area contributed by atoms with Crippen molar-refractivity contribution in [3.8, 4) is 5.75 Å². The molecule has 0 spiro atoms. The van der Waals surface area contributed by atoms with E-state index in [2.05, 4.69) is 9.55 Å². The Morgan fingerprint density at radius 3 is 2.56 bits per heavy atom. The molecule has 1 amide bonds. The maximum absolute atomic E-state index is 12.5. The monoisotopic (exact) mass is 341 g/mol. The molecule has 25 heavy (non-hydrogen) atoms. The van der Waals surface area contributed by atoms with Gasteiger partial charge < -0.3 is 14.2 Å². The van der Waals surface area contributed by atoms with Crippen molar-refractivity contribution in [2.24, 2.45) is 5.92 Å². The molecule has 2 aromatic rings. The standard InChI is InChI=1S/C20H27N3O2/c1-3-25-19-6-4-17(5-7-19)14-20(24)22-11-8-18(9-12-22)15-23-13-10-21-16(23)2/h4-7,10,13,18H,3,8-9,11-12,14-15H2,1-2H3. The largest absolute Gasteiger partial charge is 0.494 e. The lowest BCUT2D eigenvalue weighted by molar-refractivity contribution is -0.131. The summed E-state index contributed by atoms with van der Waals surface area (Å²) in [4.78, 5) is 18.8. The summed E-state index contributed by atoms with van der Waals surface area (Å²) in [6, 6.07) is 7.84. The topological polar surface area (TPSA) is 47.4 Å². The van der Waals surface area contributed by atoms with Gasteiger partial charge in [-0.25, -0.2) is 4.98 Å². The van der Waals surface area contributed by atoms with Crippen LogP contribution in [-0.4, -0.2) is 40.1 Å². The van der Waals surface area contributed by atoms with Crippen molar-refractivity contribution in [3.05, 3.63) is 48.0 Å². The second-order valence-corrected chi connectivity index (χ2v) is 6.70.